The Morgan fingerprint density at radius 1 is 1.58 bits per heavy atom. The van der Waals surface area contributed by atoms with Crippen LogP contribution in [0.5, 0.6) is 0 Å². The molecule has 2 fully saturated rings. The molecule has 0 spiro atoms. The molecule has 0 aromatic heterocycles. The van der Waals surface area contributed by atoms with Gasteiger partial charge in [-0.1, -0.05) is 0 Å². The Labute approximate surface area is 72.0 Å². The second-order valence-electron chi connectivity index (χ2n) is 3.61. The summed E-state index contributed by atoms with van der Waals surface area (Å²) in [5, 5.41) is 0. The fraction of sp³-hybridized carbons (Fsp3) is 0.889. The lowest BCUT2D eigenvalue weighted by Gasteiger charge is -2.29. The highest BCUT2D eigenvalue weighted by atomic mass is 16.7. The summed E-state index contributed by atoms with van der Waals surface area (Å²) < 4.78 is 10.5. The van der Waals surface area contributed by atoms with Crippen LogP contribution in [0, 0.1) is 11.8 Å². The molecule has 3 nitrogen and oxygen atoms in total. The van der Waals surface area contributed by atoms with Crippen LogP contribution in [0.2, 0.25) is 0 Å². The molecule has 0 radical (unpaired) electrons. The number of Topliss-reactive ketones (excluding diaryl/α,β-unsaturated/α-hetero) is 1. The van der Waals surface area contributed by atoms with Crippen molar-refractivity contribution in [2.75, 3.05) is 13.7 Å². The van der Waals surface area contributed by atoms with Crippen molar-refractivity contribution in [2.45, 2.75) is 25.6 Å². The number of carbonyl (C=O) groups is 1. The molecule has 1 saturated carbocycles. The summed E-state index contributed by atoms with van der Waals surface area (Å²) in [5.41, 5.74) is 0. The third-order valence-corrected chi connectivity index (χ3v) is 2.95. The van der Waals surface area contributed by atoms with Gasteiger partial charge in [-0.2, -0.15) is 0 Å². The van der Waals surface area contributed by atoms with Crippen molar-refractivity contribution in [3.63, 3.8) is 0 Å². The van der Waals surface area contributed by atoms with Gasteiger partial charge in [0.15, 0.2) is 6.29 Å². The number of carbonyl (C=O) groups excluding carboxylic acids is 1. The molecular weight excluding hydrogens is 156 g/mol. The molecule has 3 heteroatoms. The Bertz CT molecular complexity index is 190. The average Bonchev–Trinajstić information content (AvgIpc) is 2.47. The van der Waals surface area contributed by atoms with Gasteiger partial charge in [-0.3, -0.25) is 4.79 Å². The molecule has 1 heterocycles. The van der Waals surface area contributed by atoms with E-state index in [1.54, 1.807) is 7.11 Å². The highest BCUT2D eigenvalue weighted by Crippen LogP contribution is 2.36. The molecule has 2 aliphatic rings. The van der Waals surface area contributed by atoms with Gasteiger partial charge in [-0.15, -0.1) is 0 Å². The molecule has 0 N–H and O–H groups in total. The summed E-state index contributed by atoms with van der Waals surface area (Å²) in [6.45, 7) is 0.703. The van der Waals surface area contributed by atoms with E-state index in [0.29, 0.717) is 18.3 Å². The van der Waals surface area contributed by atoms with Crippen LogP contribution in [0.15, 0.2) is 0 Å². The van der Waals surface area contributed by atoms with Gasteiger partial charge in [-0.05, 0) is 12.3 Å². The van der Waals surface area contributed by atoms with E-state index in [4.69, 9.17) is 9.47 Å². The van der Waals surface area contributed by atoms with Crippen LogP contribution in [0.4, 0.5) is 0 Å². The van der Waals surface area contributed by atoms with Gasteiger partial charge in [0.1, 0.15) is 5.78 Å². The predicted molar refractivity (Wildman–Crippen MR) is 42.6 cm³/mol. The number of hydrogen-bond donors (Lipinski definition) is 0. The minimum Gasteiger partial charge on any atom is -0.356 e. The molecule has 3 atom stereocenters. The first kappa shape index (κ1) is 8.20. The lowest BCUT2D eigenvalue weighted by Crippen LogP contribution is -2.34. The van der Waals surface area contributed by atoms with E-state index in [-0.39, 0.29) is 12.2 Å². The molecule has 2 rings (SSSR count). The SMILES string of the molecule is COC1C[C@@H]2C(=O)CC[C@@H]2CO1. The minimum absolute atomic E-state index is 0.145. The smallest absolute Gasteiger partial charge is 0.157 e. The van der Waals surface area contributed by atoms with Gasteiger partial charge in [0, 0.05) is 25.9 Å². The largest absolute Gasteiger partial charge is 0.356 e. The molecule has 1 unspecified atom stereocenters. The molecule has 0 bridgehead atoms. The maximum absolute atomic E-state index is 11.4. The van der Waals surface area contributed by atoms with Gasteiger partial charge >= 0.3 is 0 Å². The van der Waals surface area contributed by atoms with E-state index >= 15 is 0 Å². The van der Waals surface area contributed by atoms with Crippen molar-refractivity contribution in [1.82, 2.24) is 0 Å². The number of hydrogen-bond acceptors (Lipinski definition) is 3. The Morgan fingerprint density at radius 3 is 3.17 bits per heavy atom. The molecule has 0 aromatic rings. The van der Waals surface area contributed by atoms with E-state index < -0.39 is 0 Å². The van der Waals surface area contributed by atoms with Gasteiger partial charge in [0.25, 0.3) is 0 Å². The molecule has 1 saturated heterocycles. The third kappa shape index (κ3) is 1.27. The number of rotatable bonds is 1. The Hall–Kier alpha value is -0.410. The van der Waals surface area contributed by atoms with E-state index in [9.17, 15) is 4.79 Å². The van der Waals surface area contributed by atoms with Crippen molar-refractivity contribution >= 4 is 5.78 Å². The number of ketones is 1. The summed E-state index contributed by atoms with van der Waals surface area (Å²) in [7, 11) is 1.63. The Morgan fingerprint density at radius 2 is 2.42 bits per heavy atom. The van der Waals surface area contributed by atoms with Gasteiger partial charge in [-0.25, -0.2) is 0 Å². The zero-order valence-electron chi connectivity index (χ0n) is 7.29. The number of methoxy groups -OCH3 is 1. The third-order valence-electron chi connectivity index (χ3n) is 2.95. The minimum atomic E-state index is -0.145. The topological polar surface area (TPSA) is 35.5 Å². The van der Waals surface area contributed by atoms with Crippen LogP contribution in [0.1, 0.15) is 19.3 Å². The number of fused-ring (bicyclic) bond motifs is 1. The zero-order valence-corrected chi connectivity index (χ0v) is 7.29. The second-order valence-corrected chi connectivity index (χ2v) is 3.61. The highest BCUT2D eigenvalue weighted by Gasteiger charge is 2.40. The fourth-order valence-corrected chi connectivity index (χ4v) is 2.17. The van der Waals surface area contributed by atoms with Crippen molar-refractivity contribution in [1.29, 1.82) is 0 Å². The van der Waals surface area contributed by atoms with E-state index in [1.165, 1.54) is 0 Å². The van der Waals surface area contributed by atoms with Gasteiger partial charge in [0.05, 0.1) is 6.61 Å². The lowest BCUT2D eigenvalue weighted by atomic mass is 9.91. The van der Waals surface area contributed by atoms with Crippen LogP contribution in [0.3, 0.4) is 0 Å². The quantitative estimate of drug-likeness (QED) is 0.588. The van der Waals surface area contributed by atoms with Crippen molar-refractivity contribution in [3.05, 3.63) is 0 Å². The first-order chi connectivity index (χ1) is 5.81. The second kappa shape index (κ2) is 3.15. The van der Waals surface area contributed by atoms with E-state index in [2.05, 4.69) is 0 Å². The lowest BCUT2D eigenvalue weighted by molar-refractivity contribution is -0.174. The van der Waals surface area contributed by atoms with Crippen LogP contribution >= 0.6 is 0 Å². The van der Waals surface area contributed by atoms with Crippen LogP contribution in [0.25, 0.3) is 0 Å². The standard InChI is InChI=1S/C9H14O3/c1-11-9-4-7-6(5-12-9)2-3-8(7)10/h6-7,9H,2-5H2,1H3/t6-,7+,9?/m1/s1. The summed E-state index contributed by atoms with van der Waals surface area (Å²) in [5.74, 6) is 1.11. The van der Waals surface area contributed by atoms with Crippen LogP contribution in [-0.4, -0.2) is 25.8 Å². The molecule has 12 heavy (non-hydrogen) atoms. The molecule has 1 aliphatic carbocycles. The van der Waals surface area contributed by atoms with Crippen LogP contribution < -0.4 is 0 Å². The predicted octanol–water partition coefficient (Wildman–Crippen LogP) is 0.974. The summed E-state index contributed by atoms with van der Waals surface area (Å²) >= 11 is 0. The zero-order chi connectivity index (χ0) is 8.55. The van der Waals surface area contributed by atoms with Gasteiger partial charge < -0.3 is 9.47 Å². The van der Waals surface area contributed by atoms with Crippen molar-refractivity contribution < 1.29 is 14.3 Å². The van der Waals surface area contributed by atoms with E-state index in [1.807, 2.05) is 0 Å². The summed E-state index contributed by atoms with van der Waals surface area (Å²) in [6.07, 6.45) is 2.38. The monoisotopic (exact) mass is 170 g/mol. The van der Waals surface area contributed by atoms with E-state index in [0.717, 1.165) is 19.3 Å². The molecule has 1 aliphatic heterocycles. The molecule has 0 amide bonds. The maximum atomic E-state index is 11.4. The Kier molecular flexibility index (Phi) is 2.15. The van der Waals surface area contributed by atoms with Crippen molar-refractivity contribution in [3.8, 4) is 0 Å². The highest BCUT2D eigenvalue weighted by molar-refractivity contribution is 5.83. The van der Waals surface area contributed by atoms with Gasteiger partial charge in [0.2, 0.25) is 0 Å². The number of ether oxygens (including phenoxy) is 2. The van der Waals surface area contributed by atoms with Crippen LogP contribution in [-0.2, 0) is 14.3 Å². The normalized spacial score (nSPS) is 41.4. The van der Waals surface area contributed by atoms with Crippen molar-refractivity contribution in [2.24, 2.45) is 11.8 Å². The first-order valence-electron chi connectivity index (χ1n) is 4.48. The Balaban J connectivity index is 2.01. The summed E-state index contributed by atoms with van der Waals surface area (Å²) in [6, 6.07) is 0. The maximum Gasteiger partial charge on any atom is 0.157 e. The molecule has 0 aromatic carbocycles. The molecule has 68 valence electrons. The average molecular weight is 170 g/mol. The summed E-state index contributed by atoms with van der Waals surface area (Å²) in [4.78, 5) is 11.4. The fourth-order valence-electron chi connectivity index (χ4n) is 2.17. The first-order valence-corrected chi connectivity index (χ1v) is 4.48. The molecular formula is C9H14O3.